The van der Waals surface area contributed by atoms with E-state index in [2.05, 4.69) is 43.5 Å². The van der Waals surface area contributed by atoms with Gasteiger partial charge in [-0.2, -0.15) is 0 Å². The molecule has 0 amide bonds. The van der Waals surface area contributed by atoms with Gasteiger partial charge in [0.05, 0.1) is 19.3 Å². The maximum Gasteiger partial charge on any atom is 0.305 e. The Morgan fingerprint density at radius 2 is 1.57 bits per heavy atom. The Morgan fingerprint density at radius 3 is 2.18 bits per heavy atom. The van der Waals surface area contributed by atoms with E-state index >= 15 is 0 Å². The van der Waals surface area contributed by atoms with Gasteiger partial charge in [-0.3, -0.25) is 4.79 Å². The molecule has 0 rings (SSSR count). The monoisotopic (exact) mass is 414 g/mol. The highest BCUT2D eigenvalue weighted by Gasteiger charge is 2.27. The van der Waals surface area contributed by atoms with Crippen molar-refractivity contribution in [2.45, 2.75) is 116 Å². The highest BCUT2D eigenvalue weighted by atomic mass is 28.4. The van der Waals surface area contributed by atoms with Gasteiger partial charge in [-0.15, -0.1) is 0 Å². The molecule has 2 unspecified atom stereocenters. The van der Waals surface area contributed by atoms with Crippen LogP contribution in [-0.4, -0.2) is 40.7 Å². The van der Waals surface area contributed by atoms with Gasteiger partial charge in [0.15, 0.2) is 8.32 Å². The second-order valence-corrected chi connectivity index (χ2v) is 13.1. The summed E-state index contributed by atoms with van der Waals surface area (Å²) in [5, 5.41) is 0. The molecule has 0 saturated carbocycles. The normalized spacial score (nSPS) is 14.4. The van der Waals surface area contributed by atoms with Crippen LogP contribution in [0.25, 0.3) is 0 Å². The van der Waals surface area contributed by atoms with Gasteiger partial charge in [-0.25, -0.2) is 0 Å². The fourth-order valence-corrected chi connectivity index (χ4v) is 4.46. The maximum absolute atomic E-state index is 11.0. The van der Waals surface area contributed by atoms with E-state index in [-0.39, 0.29) is 18.2 Å². The fourth-order valence-electron chi connectivity index (χ4n) is 3.28. The average molecular weight is 415 g/mol. The Labute approximate surface area is 175 Å². The van der Waals surface area contributed by atoms with Gasteiger partial charge in [0.25, 0.3) is 0 Å². The van der Waals surface area contributed by atoms with Crippen molar-refractivity contribution in [3.8, 4) is 0 Å². The molecule has 0 bridgehead atoms. The van der Waals surface area contributed by atoms with Crippen molar-refractivity contribution in [1.29, 1.82) is 0 Å². The number of methoxy groups -OCH3 is 2. The number of allylic oxidation sites excluding steroid dienone is 1. The zero-order chi connectivity index (χ0) is 21.3. The van der Waals surface area contributed by atoms with Crippen molar-refractivity contribution >= 4 is 14.3 Å². The predicted octanol–water partition coefficient (Wildman–Crippen LogP) is 6.65. The van der Waals surface area contributed by atoms with Crippen LogP contribution < -0.4 is 0 Å². The van der Waals surface area contributed by atoms with Gasteiger partial charge in [-0.1, -0.05) is 57.6 Å². The zero-order valence-electron chi connectivity index (χ0n) is 19.4. The van der Waals surface area contributed by atoms with Gasteiger partial charge < -0.3 is 13.9 Å². The second-order valence-electron chi connectivity index (χ2n) is 8.63. The van der Waals surface area contributed by atoms with Crippen LogP contribution in [0.2, 0.25) is 19.6 Å². The van der Waals surface area contributed by atoms with Crippen LogP contribution in [0.3, 0.4) is 0 Å². The van der Waals surface area contributed by atoms with Crippen LogP contribution in [0.15, 0.2) is 12.2 Å². The summed E-state index contributed by atoms with van der Waals surface area (Å²) in [4.78, 5) is 11.0. The van der Waals surface area contributed by atoms with E-state index in [4.69, 9.17) is 9.16 Å². The third-order valence-corrected chi connectivity index (χ3v) is 5.84. The van der Waals surface area contributed by atoms with Crippen LogP contribution in [0.5, 0.6) is 0 Å². The molecule has 0 aliphatic heterocycles. The van der Waals surface area contributed by atoms with Crippen molar-refractivity contribution < 1.29 is 18.7 Å². The number of hydrogen-bond acceptors (Lipinski definition) is 4. The lowest BCUT2D eigenvalue weighted by atomic mass is 10.0. The molecule has 0 aromatic rings. The Bertz CT molecular complexity index is 404. The van der Waals surface area contributed by atoms with E-state index in [1.807, 2.05) is 7.11 Å². The minimum absolute atomic E-state index is 0.0956. The molecule has 0 aliphatic carbocycles. The Kier molecular flexibility index (Phi) is 16.8. The van der Waals surface area contributed by atoms with Gasteiger partial charge in [0, 0.05) is 13.5 Å². The number of rotatable bonds is 18. The number of carbonyl (C=O) groups excluding carboxylic acids is 1. The molecular formula is C23H46O4Si. The SMILES string of the molecule is CCCCCC(O[Si](C)(C)C)C(CC=CCCCCCCCC(=O)OC)OC. The molecule has 166 valence electrons. The van der Waals surface area contributed by atoms with Crippen LogP contribution in [0.4, 0.5) is 0 Å². The molecule has 0 saturated heterocycles. The first kappa shape index (κ1) is 27.3. The van der Waals surface area contributed by atoms with Crippen molar-refractivity contribution in [3.05, 3.63) is 12.2 Å². The van der Waals surface area contributed by atoms with Crippen molar-refractivity contribution in [2.24, 2.45) is 0 Å². The van der Waals surface area contributed by atoms with Crippen molar-refractivity contribution in [2.75, 3.05) is 14.2 Å². The highest BCUT2D eigenvalue weighted by molar-refractivity contribution is 6.69. The quantitative estimate of drug-likeness (QED) is 0.109. The molecule has 0 heterocycles. The van der Waals surface area contributed by atoms with Crippen LogP contribution in [-0.2, 0) is 18.7 Å². The third-order valence-electron chi connectivity index (χ3n) is 4.83. The summed E-state index contributed by atoms with van der Waals surface area (Å²) in [5.74, 6) is -0.0956. The molecule has 2 atom stereocenters. The molecule has 0 aliphatic rings. The number of ether oxygens (including phenoxy) is 2. The van der Waals surface area contributed by atoms with E-state index in [0.29, 0.717) is 6.42 Å². The summed E-state index contributed by atoms with van der Waals surface area (Å²) in [5.41, 5.74) is 0. The standard InChI is InChI=1S/C23H46O4Si/c1-7-8-15-19-22(27-28(4,5)6)21(25-2)18-16-13-11-9-10-12-14-17-20-23(24)26-3/h13,16,21-22H,7-12,14-15,17-20H2,1-6H3. The molecule has 0 fully saturated rings. The number of hydrogen-bond donors (Lipinski definition) is 0. The summed E-state index contributed by atoms with van der Waals surface area (Å²) in [7, 11) is 1.69. The lowest BCUT2D eigenvalue weighted by molar-refractivity contribution is -0.140. The molecule has 28 heavy (non-hydrogen) atoms. The minimum Gasteiger partial charge on any atom is -0.469 e. The van der Waals surface area contributed by atoms with Gasteiger partial charge in [0.2, 0.25) is 0 Å². The Morgan fingerprint density at radius 1 is 0.893 bits per heavy atom. The summed E-state index contributed by atoms with van der Waals surface area (Å²) in [6.45, 7) is 9.01. The number of carbonyl (C=O) groups is 1. The first-order chi connectivity index (χ1) is 13.3. The van der Waals surface area contributed by atoms with Gasteiger partial charge in [-0.05, 0) is 51.7 Å². The summed E-state index contributed by atoms with van der Waals surface area (Å²) in [6, 6.07) is 0. The van der Waals surface area contributed by atoms with E-state index in [1.54, 1.807) is 0 Å². The molecule has 5 heteroatoms. The van der Waals surface area contributed by atoms with Gasteiger partial charge in [0.1, 0.15) is 0 Å². The lowest BCUT2D eigenvalue weighted by Gasteiger charge is -2.31. The summed E-state index contributed by atoms with van der Waals surface area (Å²) < 4.78 is 16.9. The maximum atomic E-state index is 11.0. The topological polar surface area (TPSA) is 44.8 Å². The molecular weight excluding hydrogens is 368 g/mol. The van der Waals surface area contributed by atoms with Crippen LogP contribution >= 0.6 is 0 Å². The molecule has 0 spiro atoms. The first-order valence-corrected chi connectivity index (χ1v) is 14.7. The van der Waals surface area contributed by atoms with Crippen molar-refractivity contribution in [1.82, 2.24) is 0 Å². The molecule has 0 aromatic heterocycles. The Balaban J connectivity index is 4.10. The van der Waals surface area contributed by atoms with Crippen LogP contribution in [0, 0.1) is 0 Å². The second kappa shape index (κ2) is 17.2. The first-order valence-electron chi connectivity index (χ1n) is 11.3. The summed E-state index contributed by atoms with van der Waals surface area (Å²) in [6.07, 6.45) is 18.0. The highest BCUT2D eigenvalue weighted by Crippen LogP contribution is 2.20. The minimum atomic E-state index is -1.58. The smallest absolute Gasteiger partial charge is 0.305 e. The molecule has 4 nitrogen and oxygen atoms in total. The van der Waals surface area contributed by atoms with Crippen LogP contribution in [0.1, 0.15) is 84.0 Å². The van der Waals surface area contributed by atoms with E-state index in [9.17, 15) is 4.79 Å². The average Bonchev–Trinajstić information content (AvgIpc) is 2.64. The van der Waals surface area contributed by atoms with Crippen molar-refractivity contribution in [3.63, 3.8) is 0 Å². The fraction of sp³-hybridized carbons (Fsp3) is 0.870. The largest absolute Gasteiger partial charge is 0.469 e. The molecule has 0 aromatic carbocycles. The predicted molar refractivity (Wildman–Crippen MR) is 121 cm³/mol. The van der Waals surface area contributed by atoms with E-state index in [0.717, 1.165) is 32.1 Å². The Hall–Kier alpha value is -0.653. The zero-order valence-corrected chi connectivity index (χ0v) is 20.4. The summed E-state index contributed by atoms with van der Waals surface area (Å²) >= 11 is 0. The third kappa shape index (κ3) is 16.3. The molecule has 0 N–H and O–H groups in total. The van der Waals surface area contributed by atoms with E-state index < -0.39 is 8.32 Å². The number of unbranched alkanes of at least 4 members (excludes halogenated alkanes) is 7. The molecule has 0 radical (unpaired) electrons. The lowest BCUT2D eigenvalue weighted by Crippen LogP contribution is -2.39. The van der Waals surface area contributed by atoms with E-state index in [1.165, 1.54) is 45.6 Å². The van der Waals surface area contributed by atoms with Gasteiger partial charge >= 0.3 is 5.97 Å². The number of esters is 1.